The lowest BCUT2D eigenvalue weighted by Gasteiger charge is -2.22. The fourth-order valence-electron chi connectivity index (χ4n) is 3.50. The number of nitrogens with one attached hydrogen (secondary N) is 3. The Bertz CT molecular complexity index is 761. The number of thiophene rings is 1. The highest BCUT2D eigenvalue weighted by Gasteiger charge is 2.13. The van der Waals surface area contributed by atoms with Gasteiger partial charge in [0.05, 0.1) is 0 Å². The third-order valence-corrected chi connectivity index (χ3v) is 5.99. The van der Waals surface area contributed by atoms with E-state index in [0.29, 0.717) is 30.1 Å². The average Bonchev–Trinajstić information content (AvgIpc) is 3.22. The summed E-state index contributed by atoms with van der Waals surface area (Å²) in [4.78, 5) is 25.8. The third-order valence-electron chi connectivity index (χ3n) is 5.05. The number of halogens is 1. The highest BCUT2D eigenvalue weighted by atomic mass is 35.5. The van der Waals surface area contributed by atoms with Gasteiger partial charge in [0.1, 0.15) is 0 Å². The fourth-order valence-corrected chi connectivity index (χ4v) is 4.25. The van der Waals surface area contributed by atoms with Crippen LogP contribution in [0.25, 0.3) is 0 Å². The second-order valence-corrected chi connectivity index (χ2v) is 8.35. The number of carbonyl (C=O) groups excluding carboxylic acids is 2. The highest BCUT2D eigenvalue weighted by molar-refractivity contribution is 7.09. The van der Waals surface area contributed by atoms with Gasteiger partial charge in [-0.25, -0.2) is 0 Å². The molecule has 0 spiro atoms. The zero-order chi connectivity index (χ0) is 19.6. The lowest BCUT2D eigenvalue weighted by molar-refractivity contribution is -0.116. The standard InChI is InChI=1S/C22H29N3O2S.ClH/c26-21(10-2-8-20-9-4-14-28-20)25-19-7-1-6-18(15-19)22(27)24-13-11-17-5-3-12-23-16-17;/h1,4,6-7,9,14-15,17,23H,2-3,5,8,10-13,16H2,(H,24,27)(H,25,26);1H. The van der Waals surface area contributed by atoms with Gasteiger partial charge in [-0.05, 0) is 80.8 Å². The molecule has 1 saturated heterocycles. The van der Waals surface area contributed by atoms with Crippen molar-refractivity contribution in [3.05, 3.63) is 52.2 Å². The Hall–Kier alpha value is -1.89. The van der Waals surface area contributed by atoms with Crippen LogP contribution in [0.5, 0.6) is 0 Å². The number of benzene rings is 1. The molecular weight excluding hydrogens is 406 g/mol. The zero-order valence-electron chi connectivity index (χ0n) is 16.6. The summed E-state index contributed by atoms with van der Waals surface area (Å²) >= 11 is 1.72. The molecule has 1 aromatic carbocycles. The molecule has 1 aliphatic heterocycles. The van der Waals surface area contributed by atoms with Crippen LogP contribution in [0, 0.1) is 5.92 Å². The summed E-state index contributed by atoms with van der Waals surface area (Å²) in [6, 6.07) is 11.3. The predicted molar refractivity (Wildman–Crippen MR) is 122 cm³/mol. The SMILES string of the molecule is Cl.O=C(CCCc1cccs1)Nc1cccc(C(=O)NCCC2CCCNC2)c1. The minimum atomic E-state index is -0.0856. The predicted octanol–water partition coefficient (Wildman–Crippen LogP) is 4.25. The smallest absolute Gasteiger partial charge is 0.251 e. The summed E-state index contributed by atoms with van der Waals surface area (Å²) in [5, 5.41) is 11.4. The number of rotatable bonds is 9. The van der Waals surface area contributed by atoms with Crippen molar-refractivity contribution in [3.8, 4) is 0 Å². The number of aryl methyl sites for hydroxylation is 1. The van der Waals surface area contributed by atoms with Crippen molar-refractivity contribution in [1.82, 2.24) is 10.6 Å². The fraction of sp³-hybridized carbons (Fsp3) is 0.455. The van der Waals surface area contributed by atoms with Crippen molar-refractivity contribution in [1.29, 1.82) is 0 Å². The van der Waals surface area contributed by atoms with Crippen LogP contribution < -0.4 is 16.0 Å². The van der Waals surface area contributed by atoms with Gasteiger partial charge in [-0.1, -0.05) is 12.1 Å². The molecule has 29 heavy (non-hydrogen) atoms. The second kappa shape index (κ2) is 12.6. The summed E-state index contributed by atoms with van der Waals surface area (Å²) in [7, 11) is 0. The van der Waals surface area contributed by atoms with E-state index in [4.69, 9.17) is 0 Å². The van der Waals surface area contributed by atoms with E-state index in [0.717, 1.165) is 32.4 Å². The average molecular weight is 436 g/mol. The molecular formula is C22H30ClN3O2S. The molecule has 0 aliphatic carbocycles. The number of piperidine rings is 1. The Labute approximate surface area is 183 Å². The first-order valence-electron chi connectivity index (χ1n) is 10.1. The summed E-state index contributed by atoms with van der Waals surface area (Å²) in [6.07, 6.45) is 5.67. The van der Waals surface area contributed by atoms with Crippen LogP contribution in [-0.2, 0) is 11.2 Å². The molecule has 1 atom stereocenters. The first kappa shape index (κ1) is 23.4. The maximum Gasteiger partial charge on any atom is 0.251 e. The normalized spacial score (nSPS) is 15.9. The van der Waals surface area contributed by atoms with Crippen LogP contribution in [-0.4, -0.2) is 31.4 Å². The van der Waals surface area contributed by atoms with Crippen LogP contribution in [0.3, 0.4) is 0 Å². The van der Waals surface area contributed by atoms with E-state index in [-0.39, 0.29) is 24.2 Å². The summed E-state index contributed by atoms with van der Waals surface area (Å²) in [6.45, 7) is 2.84. The van der Waals surface area contributed by atoms with Crippen molar-refractivity contribution in [2.45, 2.75) is 38.5 Å². The van der Waals surface area contributed by atoms with Crippen molar-refractivity contribution in [2.75, 3.05) is 25.0 Å². The van der Waals surface area contributed by atoms with Crippen LogP contribution >= 0.6 is 23.7 Å². The summed E-state index contributed by atoms with van der Waals surface area (Å²) in [5.41, 5.74) is 1.25. The van der Waals surface area contributed by atoms with Crippen LogP contribution in [0.4, 0.5) is 5.69 Å². The van der Waals surface area contributed by atoms with E-state index in [9.17, 15) is 9.59 Å². The van der Waals surface area contributed by atoms with Crippen LogP contribution in [0.1, 0.15) is 47.3 Å². The molecule has 2 heterocycles. The maximum absolute atomic E-state index is 12.4. The maximum atomic E-state index is 12.4. The first-order chi connectivity index (χ1) is 13.7. The van der Waals surface area contributed by atoms with Crippen molar-refractivity contribution in [3.63, 3.8) is 0 Å². The lowest BCUT2D eigenvalue weighted by Crippen LogP contribution is -2.33. The van der Waals surface area contributed by atoms with Gasteiger partial charge in [-0.3, -0.25) is 9.59 Å². The number of amides is 2. The molecule has 0 radical (unpaired) electrons. The van der Waals surface area contributed by atoms with Crippen molar-refractivity contribution >= 4 is 41.2 Å². The highest BCUT2D eigenvalue weighted by Crippen LogP contribution is 2.15. The number of hydrogen-bond donors (Lipinski definition) is 3. The zero-order valence-corrected chi connectivity index (χ0v) is 18.2. The Morgan fingerprint density at radius 2 is 2.10 bits per heavy atom. The van der Waals surface area contributed by atoms with E-state index in [1.807, 2.05) is 12.1 Å². The van der Waals surface area contributed by atoms with E-state index >= 15 is 0 Å². The van der Waals surface area contributed by atoms with Gasteiger partial charge in [-0.2, -0.15) is 0 Å². The van der Waals surface area contributed by atoms with Gasteiger partial charge in [-0.15, -0.1) is 23.7 Å². The summed E-state index contributed by atoms with van der Waals surface area (Å²) < 4.78 is 0. The van der Waals surface area contributed by atoms with Crippen molar-refractivity contribution < 1.29 is 9.59 Å². The molecule has 1 unspecified atom stereocenters. The number of anilines is 1. The van der Waals surface area contributed by atoms with E-state index in [1.165, 1.54) is 17.7 Å². The molecule has 3 rings (SSSR count). The summed E-state index contributed by atoms with van der Waals surface area (Å²) in [5.74, 6) is 0.547. The molecule has 1 fully saturated rings. The second-order valence-electron chi connectivity index (χ2n) is 7.32. The van der Waals surface area contributed by atoms with Crippen molar-refractivity contribution in [2.24, 2.45) is 5.92 Å². The van der Waals surface area contributed by atoms with Crippen LogP contribution in [0.15, 0.2) is 41.8 Å². The molecule has 1 aromatic heterocycles. The molecule has 1 aliphatic rings. The molecule has 0 saturated carbocycles. The Kier molecular flexibility index (Phi) is 10.2. The molecule has 158 valence electrons. The van der Waals surface area contributed by atoms with Gasteiger partial charge in [0, 0.05) is 29.1 Å². The van der Waals surface area contributed by atoms with E-state index < -0.39 is 0 Å². The van der Waals surface area contributed by atoms with Crippen LogP contribution in [0.2, 0.25) is 0 Å². The molecule has 2 amide bonds. The monoisotopic (exact) mass is 435 g/mol. The third kappa shape index (κ3) is 8.17. The molecule has 2 aromatic rings. The molecule has 7 heteroatoms. The minimum absolute atomic E-state index is 0. The number of hydrogen-bond acceptors (Lipinski definition) is 4. The van der Waals surface area contributed by atoms with Gasteiger partial charge in [0.15, 0.2) is 0 Å². The molecule has 0 bridgehead atoms. The quantitative estimate of drug-likeness (QED) is 0.551. The molecule has 3 N–H and O–H groups in total. The topological polar surface area (TPSA) is 70.2 Å². The Morgan fingerprint density at radius 3 is 2.86 bits per heavy atom. The van der Waals surface area contributed by atoms with Gasteiger partial charge in [0.25, 0.3) is 5.91 Å². The lowest BCUT2D eigenvalue weighted by atomic mass is 9.96. The largest absolute Gasteiger partial charge is 0.352 e. The molecule has 5 nitrogen and oxygen atoms in total. The first-order valence-corrected chi connectivity index (χ1v) is 11.0. The Morgan fingerprint density at radius 1 is 1.21 bits per heavy atom. The van der Waals surface area contributed by atoms with E-state index in [1.54, 1.807) is 29.5 Å². The minimum Gasteiger partial charge on any atom is -0.352 e. The van der Waals surface area contributed by atoms with E-state index in [2.05, 4.69) is 27.4 Å². The van der Waals surface area contributed by atoms with Gasteiger partial charge >= 0.3 is 0 Å². The van der Waals surface area contributed by atoms with Gasteiger partial charge < -0.3 is 16.0 Å². The van der Waals surface area contributed by atoms with Gasteiger partial charge in [0.2, 0.25) is 5.91 Å². The Balaban J connectivity index is 0.00000300. The number of carbonyl (C=O) groups is 2.